The maximum atomic E-state index is 12.9. The van der Waals surface area contributed by atoms with Gasteiger partial charge in [0.1, 0.15) is 5.75 Å². The number of thioether (sulfide) groups is 1. The number of aryl methyl sites for hydroxylation is 1. The van der Waals surface area contributed by atoms with Gasteiger partial charge in [-0.25, -0.2) is 0 Å². The van der Waals surface area contributed by atoms with Gasteiger partial charge < -0.3 is 10.1 Å². The molecule has 1 aromatic heterocycles. The summed E-state index contributed by atoms with van der Waals surface area (Å²) in [5.41, 5.74) is 3.97. The molecule has 1 amide bonds. The first-order chi connectivity index (χ1) is 16.5. The van der Waals surface area contributed by atoms with Crippen LogP contribution in [0.1, 0.15) is 18.1 Å². The second kappa shape index (κ2) is 10.2. The van der Waals surface area contributed by atoms with E-state index in [9.17, 15) is 4.79 Å². The maximum absolute atomic E-state index is 12.9. The number of nitrogens with one attached hydrogen (secondary N) is 1. The van der Waals surface area contributed by atoms with Gasteiger partial charge in [-0.15, -0.1) is 10.2 Å². The molecule has 0 aliphatic carbocycles. The molecule has 0 aliphatic heterocycles. The van der Waals surface area contributed by atoms with Crippen molar-refractivity contribution < 1.29 is 9.53 Å². The van der Waals surface area contributed by atoms with E-state index in [0.717, 1.165) is 22.6 Å². The Hall–Kier alpha value is -4.09. The Kier molecular flexibility index (Phi) is 6.95. The van der Waals surface area contributed by atoms with E-state index in [0.29, 0.717) is 22.2 Å². The number of aromatic nitrogens is 3. The van der Waals surface area contributed by atoms with Crippen molar-refractivity contribution in [3.63, 3.8) is 0 Å². The lowest BCUT2D eigenvalue weighted by Gasteiger charge is -2.14. The number of nitriles is 1. The van der Waals surface area contributed by atoms with Crippen LogP contribution in [-0.4, -0.2) is 33.0 Å². The Bertz CT molecular complexity index is 1360. The fourth-order valence-corrected chi connectivity index (χ4v) is 4.27. The van der Waals surface area contributed by atoms with Gasteiger partial charge in [-0.2, -0.15) is 5.26 Å². The first kappa shape index (κ1) is 23.1. The third kappa shape index (κ3) is 5.11. The smallest absolute Gasteiger partial charge is 0.237 e. The van der Waals surface area contributed by atoms with Gasteiger partial charge in [-0.3, -0.25) is 9.36 Å². The molecule has 1 N–H and O–H groups in total. The molecule has 4 rings (SSSR count). The minimum absolute atomic E-state index is 0.193. The van der Waals surface area contributed by atoms with Crippen LogP contribution in [-0.2, 0) is 4.79 Å². The molecule has 1 unspecified atom stereocenters. The maximum Gasteiger partial charge on any atom is 0.237 e. The Balaban J connectivity index is 1.65. The first-order valence-electron chi connectivity index (χ1n) is 10.6. The largest absolute Gasteiger partial charge is 0.497 e. The van der Waals surface area contributed by atoms with Crippen LogP contribution in [0.3, 0.4) is 0 Å². The Morgan fingerprint density at radius 1 is 1.09 bits per heavy atom. The minimum atomic E-state index is -0.461. The average molecular weight is 470 g/mol. The van der Waals surface area contributed by atoms with Crippen molar-refractivity contribution in [3.05, 3.63) is 83.9 Å². The molecule has 1 heterocycles. The lowest BCUT2D eigenvalue weighted by Crippen LogP contribution is -2.23. The van der Waals surface area contributed by atoms with Gasteiger partial charge in [0, 0.05) is 16.9 Å². The number of methoxy groups -OCH3 is 1. The number of carbonyl (C=O) groups is 1. The zero-order chi connectivity index (χ0) is 24.1. The van der Waals surface area contributed by atoms with E-state index < -0.39 is 5.25 Å². The fraction of sp³-hybridized carbons (Fsp3) is 0.154. The van der Waals surface area contributed by atoms with Crippen molar-refractivity contribution in [2.75, 3.05) is 12.4 Å². The van der Waals surface area contributed by atoms with E-state index in [-0.39, 0.29) is 5.91 Å². The van der Waals surface area contributed by atoms with Crippen LogP contribution in [0.2, 0.25) is 0 Å². The topological polar surface area (TPSA) is 92.8 Å². The normalized spacial score (nSPS) is 11.5. The van der Waals surface area contributed by atoms with Crippen molar-refractivity contribution in [3.8, 4) is 28.9 Å². The molecule has 34 heavy (non-hydrogen) atoms. The molecular weight excluding hydrogens is 446 g/mol. The molecule has 0 bridgehead atoms. The summed E-state index contributed by atoms with van der Waals surface area (Å²) in [6, 6.07) is 24.6. The molecule has 0 saturated carbocycles. The molecular formula is C26H23N5O2S. The Morgan fingerprint density at radius 2 is 1.85 bits per heavy atom. The number of carbonyl (C=O) groups excluding carboxylic acids is 1. The molecule has 7 nitrogen and oxygen atoms in total. The molecule has 0 saturated heterocycles. The van der Waals surface area contributed by atoms with Crippen molar-refractivity contribution in [1.82, 2.24) is 14.8 Å². The van der Waals surface area contributed by atoms with Gasteiger partial charge in [0.05, 0.1) is 24.0 Å². The summed E-state index contributed by atoms with van der Waals surface area (Å²) >= 11 is 1.31. The minimum Gasteiger partial charge on any atom is -0.497 e. The van der Waals surface area contributed by atoms with Gasteiger partial charge >= 0.3 is 0 Å². The van der Waals surface area contributed by atoms with E-state index in [1.54, 1.807) is 31.4 Å². The quantitative estimate of drug-likeness (QED) is 0.372. The number of benzene rings is 3. The van der Waals surface area contributed by atoms with E-state index in [1.807, 2.05) is 60.9 Å². The van der Waals surface area contributed by atoms with Crippen LogP contribution in [0, 0.1) is 18.3 Å². The highest BCUT2D eigenvalue weighted by molar-refractivity contribution is 8.00. The van der Waals surface area contributed by atoms with Crippen LogP contribution in [0.25, 0.3) is 17.1 Å². The summed E-state index contributed by atoms with van der Waals surface area (Å²) in [5.74, 6) is 1.24. The number of hydrogen-bond donors (Lipinski definition) is 1. The molecule has 4 aromatic rings. The third-order valence-corrected chi connectivity index (χ3v) is 6.19. The third-order valence-electron chi connectivity index (χ3n) is 5.15. The molecule has 0 aliphatic rings. The second-order valence-electron chi connectivity index (χ2n) is 7.65. The molecule has 1 atom stereocenters. The van der Waals surface area contributed by atoms with Crippen molar-refractivity contribution in [2.45, 2.75) is 24.3 Å². The van der Waals surface area contributed by atoms with Gasteiger partial charge in [0.25, 0.3) is 0 Å². The molecule has 8 heteroatoms. The van der Waals surface area contributed by atoms with Crippen LogP contribution < -0.4 is 10.1 Å². The summed E-state index contributed by atoms with van der Waals surface area (Å²) in [4.78, 5) is 12.9. The molecule has 3 aromatic carbocycles. The zero-order valence-electron chi connectivity index (χ0n) is 19.0. The van der Waals surface area contributed by atoms with Crippen molar-refractivity contribution >= 4 is 23.4 Å². The monoisotopic (exact) mass is 469 g/mol. The summed E-state index contributed by atoms with van der Waals surface area (Å²) in [6.07, 6.45) is 0. The van der Waals surface area contributed by atoms with E-state index >= 15 is 0 Å². The number of anilines is 1. The number of nitrogens with zero attached hydrogens (tertiary/aromatic N) is 4. The summed E-state index contributed by atoms with van der Waals surface area (Å²) < 4.78 is 7.24. The second-order valence-corrected chi connectivity index (χ2v) is 8.96. The summed E-state index contributed by atoms with van der Waals surface area (Å²) in [7, 11) is 1.62. The average Bonchev–Trinajstić information content (AvgIpc) is 3.27. The summed E-state index contributed by atoms with van der Waals surface area (Å²) in [5, 5.41) is 21.0. The van der Waals surface area contributed by atoms with E-state index in [2.05, 4.69) is 27.6 Å². The van der Waals surface area contributed by atoms with Crippen LogP contribution in [0.4, 0.5) is 5.69 Å². The van der Waals surface area contributed by atoms with E-state index in [1.165, 1.54) is 11.8 Å². The number of rotatable bonds is 7. The number of ether oxygens (including phenoxy) is 1. The molecule has 170 valence electrons. The van der Waals surface area contributed by atoms with Crippen LogP contribution in [0.15, 0.2) is 78.0 Å². The molecule has 0 radical (unpaired) electrons. The lowest BCUT2D eigenvalue weighted by molar-refractivity contribution is -0.115. The number of hydrogen-bond acceptors (Lipinski definition) is 6. The predicted molar refractivity (Wildman–Crippen MR) is 133 cm³/mol. The molecule has 0 fully saturated rings. The SMILES string of the molecule is COc1ccc(-n2c(SC(C)C(=O)Nc3cccc(C#N)c3)nnc2-c2cccc(C)c2)cc1. The lowest BCUT2D eigenvalue weighted by atomic mass is 10.1. The first-order valence-corrected chi connectivity index (χ1v) is 11.5. The van der Waals surface area contributed by atoms with Crippen molar-refractivity contribution in [2.24, 2.45) is 0 Å². The van der Waals surface area contributed by atoms with Gasteiger partial charge in [0.15, 0.2) is 11.0 Å². The predicted octanol–water partition coefficient (Wildman–Crippen LogP) is 5.24. The van der Waals surface area contributed by atoms with Crippen LogP contribution in [0.5, 0.6) is 5.75 Å². The van der Waals surface area contributed by atoms with E-state index in [4.69, 9.17) is 10.00 Å². The van der Waals surface area contributed by atoms with Gasteiger partial charge in [0.2, 0.25) is 5.91 Å². The van der Waals surface area contributed by atoms with Gasteiger partial charge in [-0.05, 0) is 62.4 Å². The molecule has 0 spiro atoms. The number of amides is 1. The van der Waals surface area contributed by atoms with Crippen LogP contribution >= 0.6 is 11.8 Å². The highest BCUT2D eigenvalue weighted by atomic mass is 32.2. The highest BCUT2D eigenvalue weighted by Crippen LogP contribution is 2.31. The Morgan fingerprint density at radius 3 is 2.56 bits per heavy atom. The Labute approximate surface area is 202 Å². The zero-order valence-corrected chi connectivity index (χ0v) is 19.8. The highest BCUT2D eigenvalue weighted by Gasteiger charge is 2.22. The standard InChI is InChI=1S/C26H23N5O2S/c1-17-6-4-8-20(14-17)24-29-30-26(31(24)22-10-12-23(33-3)13-11-22)34-18(2)25(32)28-21-9-5-7-19(15-21)16-27/h4-15,18H,1-3H3,(H,28,32). The van der Waals surface area contributed by atoms with Crippen molar-refractivity contribution in [1.29, 1.82) is 5.26 Å². The summed E-state index contributed by atoms with van der Waals surface area (Å²) in [6.45, 7) is 3.84. The fourth-order valence-electron chi connectivity index (χ4n) is 3.40. The van der Waals surface area contributed by atoms with Gasteiger partial charge in [-0.1, -0.05) is 41.6 Å².